The van der Waals surface area contributed by atoms with E-state index < -0.39 is 0 Å². The van der Waals surface area contributed by atoms with Crippen molar-refractivity contribution in [2.45, 2.75) is 63.5 Å². The molecular weight excluding hydrogens is 228 g/mol. The predicted molar refractivity (Wildman–Crippen MR) is 70.4 cm³/mol. The number of hydrogen-bond acceptors (Lipinski definition) is 3. The molecule has 1 aromatic rings. The highest BCUT2D eigenvalue weighted by atomic mass is 32.1. The Morgan fingerprint density at radius 2 is 1.94 bits per heavy atom. The summed E-state index contributed by atoms with van der Waals surface area (Å²) in [4.78, 5) is 6.48. The molecule has 0 radical (unpaired) electrons. The molecule has 1 heterocycles. The average Bonchev–Trinajstić information content (AvgIpc) is 3.17. The van der Waals surface area contributed by atoms with Crippen molar-refractivity contribution in [3.05, 3.63) is 15.6 Å². The van der Waals surface area contributed by atoms with E-state index in [9.17, 15) is 0 Å². The zero-order chi connectivity index (χ0) is 11.2. The van der Waals surface area contributed by atoms with Crippen LogP contribution >= 0.6 is 11.3 Å². The Hall–Kier alpha value is -0.410. The molecule has 0 spiro atoms. The first kappa shape index (κ1) is 10.5. The van der Waals surface area contributed by atoms with Gasteiger partial charge in [-0.15, -0.1) is 11.3 Å². The molecule has 4 rings (SSSR count). The Morgan fingerprint density at radius 1 is 1.12 bits per heavy atom. The number of nitrogens with zero attached hydrogens (tertiary/aromatic N) is 1. The molecule has 0 saturated heterocycles. The molecule has 1 N–H and O–H groups in total. The van der Waals surface area contributed by atoms with Crippen LogP contribution in [0.15, 0.2) is 0 Å². The van der Waals surface area contributed by atoms with Gasteiger partial charge >= 0.3 is 0 Å². The fraction of sp³-hybridized carbons (Fsp3) is 0.786. The van der Waals surface area contributed by atoms with E-state index in [0.29, 0.717) is 0 Å². The summed E-state index contributed by atoms with van der Waals surface area (Å²) in [5, 5.41) is 5.07. The lowest BCUT2D eigenvalue weighted by Crippen LogP contribution is -2.15. The van der Waals surface area contributed by atoms with Crippen molar-refractivity contribution in [2.75, 3.05) is 0 Å². The van der Waals surface area contributed by atoms with Crippen molar-refractivity contribution >= 4 is 11.3 Å². The van der Waals surface area contributed by atoms with Crippen LogP contribution in [0.25, 0.3) is 0 Å². The fourth-order valence-electron chi connectivity index (χ4n) is 2.40. The molecule has 1 aromatic heterocycles. The molecule has 0 unspecified atom stereocenters. The number of rotatable bonds is 6. The summed E-state index contributed by atoms with van der Waals surface area (Å²) in [6.45, 7) is 1.08. The van der Waals surface area contributed by atoms with Crippen molar-refractivity contribution in [2.24, 2.45) is 5.92 Å². The zero-order valence-corrected chi connectivity index (χ0v) is 11.1. The Kier molecular flexibility index (Phi) is 2.51. The second-order valence-corrected chi connectivity index (χ2v) is 7.16. The molecule has 3 heteroatoms. The van der Waals surface area contributed by atoms with Crippen LogP contribution in [0.1, 0.15) is 60.0 Å². The van der Waals surface area contributed by atoms with Crippen LogP contribution in [0.4, 0.5) is 0 Å². The van der Waals surface area contributed by atoms with Crippen LogP contribution in [0.2, 0.25) is 0 Å². The third-order valence-corrected chi connectivity index (χ3v) is 5.12. The molecular formula is C14H20N2S. The minimum absolute atomic E-state index is 0.815. The molecule has 92 valence electrons. The van der Waals surface area contributed by atoms with Crippen molar-refractivity contribution in [3.8, 4) is 0 Å². The van der Waals surface area contributed by atoms with Crippen LogP contribution < -0.4 is 5.32 Å². The van der Waals surface area contributed by atoms with Crippen molar-refractivity contribution in [1.82, 2.24) is 10.3 Å². The lowest BCUT2D eigenvalue weighted by Gasteiger charge is -2.01. The van der Waals surface area contributed by atoms with Crippen LogP contribution in [0, 0.1) is 5.92 Å². The van der Waals surface area contributed by atoms with Crippen molar-refractivity contribution in [1.29, 1.82) is 0 Å². The molecule has 3 saturated carbocycles. The van der Waals surface area contributed by atoms with E-state index in [4.69, 9.17) is 4.98 Å². The Bertz CT molecular complexity index is 414. The monoisotopic (exact) mass is 248 g/mol. The first-order valence-corrected chi connectivity index (χ1v) is 7.92. The van der Waals surface area contributed by atoms with E-state index in [2.05, 4.69) is 5.32 Å². The smallest absolute Gasteiger partial charge is 0.0934 e. The lowest BCUT2D eigenvalue weighted by molar-refractivity contribution is 0.688. The van der Waals surface area contributed by atoms with Gasteiger partial charge in [-0.1, -0.05) is 0 Å². The van der Waals surface area contributed by atoms with Crippen LogP contribution in [-0.4, -0.2) is 11.0 Å². The van der Waals surface area contributed by atoms with E-state index in [0.717, 1.165) is 24.4 Å². The van der Waals surface area contributed by atoms with Gasteiger partial charge < -0.3 is 5.32 Å². The number of hydrogen-bond donors (Lipinski definition) is 1. The number of aromatic nitrogens is 1. The van der Waals surface area contributed by atoms with Crippen molar-refractivity contribution < 1.29 is 0 Å². The van der Waals surface area contributed by atoms with Crippen molar-refractivity contribution in [3.63, 3.8) is 0 Å². The number of thiazole rings is 1. The molecule has 2 nitrogen and oxygen atoms in total. The normalized spacial score (nSPS) is 24.2. The largest absolute Gasteiger partial charge is 0.309 e. The van der Waals surface area contributed by atoms with Gasteiger partial charge in [-0.3, -0.25) is 0 Å². The van der Waals surface area contributed by atoms with Gasteiger partial charge in [-0.25, -0.2) is 4.98 Å². The molecule has 0 aliphatic heterocycles. The Balaban J connectivity index is 1.49. The van der Waals surface area contributed by atoms with E-state index in [1.165, 1.54) is 55.6 Å². The van der Waals surface area contributed by atoms with Gasteiger partial charge in [0.1, 0.15) is 0 Å². The summed E-state index contributed by atoms with van der Waals surface area (Å²) in [5.74, 6) is 1.78. The Labute approximate surface area is 107 Å². The van der Waals surface area contributed by atoms with Gasteiger partial charge in [0.15, 0.2) is 0 Å². The first-order chi connectivity index (χ1) is 8.38. The summed E-state index contributed by atoms with van der Waals surface area (Å²) in [6.07, 6.45) is 9.65. The zero-order valence-electron chi connectivity index (χ0n) is 10.2. The third-order valence-electron chi connectivity index (χ3n) is 4.02. The maximum Gasteiger partial charge on any atom is 0.0934 e. The van der Waals surface area contributed by atoms with E-state index in [1.807, 2.05) is 11.3 Å². The quantitative estimate of drug-likeness (QED) is 0.836. The van der Waals surface area contributed by atoms with Gasteiger partial charge in [0.05, 0.1) is 10.7 Å². The fourth-order valence-corrected chi connectivity index (χ4v) is 3.62. The molecule has 17 heavy (non-hydrogen) atoms. The molecule has 3 aliphatic carbocycles. The van der Waals surface area contributed by atoms with Gasteiger partial charge in [-0.2, -0.15) is 0 Å². The first-order valence-electron chi connectivity index (χ1n) is 7.10. The maximum absolute atomic E-state index is 4.93. The highest BCUT2D eigenvalue weighted by Gasteiger charge is 2.31. The number of nitrogens with one attached hydrogen (secondary N) is 1. The molecule has 3 fully saturated rings. The molecule has 0 bridgehead atoms. The minimum Gasteiger partial charge on any atom is -0.309 e. The topological polar surface area (TPSA) is 24.9 Å². The second kappa shape index (κ2) is 4.06. The SMILES string of the molecule is C(NC1CC1)c1sc(CC2CC2)nc1C1CC1. The summed E-state index contributed by atoms with van der Waals surface area (Å²) in [5.41, 5.74) is 1.46. The van der Waals surface area contributed by atoms with Crippen LogP contribution in [-0.2, 0) is 13.0 Å². The van der Waals surface area contributed by atoms with Crippen LogP contribution in [0.3, 0.4) is 0 Å². The second-order valence-electron chi connectivity index (χ2n) is 5.99. The molecule has 3 aliphatic rings. The molecule has 0 amide bonds. The summed E-state index contributed by atoms with van der Waals surface area (Å²) < 4.78 is 0. The Morgan fingerprint density at radius 3 is 2.59 bits per heavy atom. The standard InChI is InChI=1S/C14H20N2S/c1-2-9(1)7-13-16-14(10-3-4-10)12(17-13)8-15-11-5-6-11/h9-11,15H,1-8H2. The highest BCUT2D eigenvalue weighted by molar-refractivity contribution is 7.11. The predicted octanol–water partition coefficient (Wildman–Crippen LogP) is 3.23. The highest BCUT2D eigenvalue weighted by Crippen LogP contribution is 2.44. The molecule has 0 atom stereocenters. The average molecular weight is 248 g/mol. The third kappa shape index (κ3) is 2.55. The van der Waals surface area contributed by atoms with Gasteiger partial charge in [0.2, 0.25) is 0 Å². The molecule has 0 aromatic carbocycles. The minimum atomic E-state index is 0.815. The van der Waals surface area contributed by atoms with E-state index >= 15 is 0 Å². The summed E-state index contributed by atoms with van der Waals surface area (Å²) in [7, 11) is 0. The summed E-state index contributed by atoms with van der Waals surface area (Å²) in [6, 6.07) is 0.816. The van der Waals surface area contributed by atoms with E-state index in [1.54, 1.807) is 4.88 Å². The van der Waals surface area contributed by atoms with Gasteiger partial charge in [0.25, 0.3) is 0 Å². The van der Waals surface area contributed by atoms with Gasteiger partial charge in [0, 0.05) is 29.8 Å². The van der Waals surface area contributed by atoms with Gasteiger partial charge in [-0.05, 0) is 44.4 Å². The lowest BCUT2D eigenvalue weighted by atomic mass is 10.2. The van der Waals surface area contributed by atoms with E-state index in [-0.39, 0.29) is 0 Å². The maximum atomic E-state index is 4.93. The van der Waals surface area contributed by atoms with Crippen LogP contribution in [0.5, 0.6) is 0 Å². The summed E-state index contributed by atoms with van der Waals surface area (Å²) >= 11 is 1.99.